The van der Waals surface area contributed by atoms with Gasteiger partial charge in [0.05, 0.1) is 12.1 Å². The summed E-state index contributed by atoms with van der Waals surface area (Å²) in [5.41, 5.74) is 5.15. The topological polar surface area (TPSA) is 75.9 Å². The molecule has 2 amide bonds. The van der Waals surface area contributed by atoms with Gasteiger partial charge in [0, 0.05) is 26.2 Å². The highest BCUT2D eigenvalue weighted by atomic mass is 16.6. The Morgan fingerprint density at radius 1 is 1.15 bits per heavy atom. The van der Waals surface area contributed by atoms with Crippen LogP contribution in [0.2, 0.25) is 0 Å². The minimum atomic E-state index is -0.816. The van der Waals surface area contributed by atoms with E-state index in [1.165, 1.54) is 0 Å². The predicted molar refractivity (Wildman–Crippen MR) is 77.3 cm³/mol. The fourth-order valence-corrected chi connectivity index (χ4v) is 2.00. The molecule has 6 nitrogen and oxygen atoms in total. The number of amides is 2. The van der Waals surface area contributed by atoms with Gasteiger partial charge in [0.25, 0.3) is 0 Å². The zero-order valence-electron chi connectivity index (χ0n) is 12.9. The molecule has 1 saturated heterocycles. The number of rotatable bonds is 5. The van der Waals surface area contributed by atoms with Gasteiger partial charge in [-0.25, -0.2) is 4.79 Å². The van der Waals surface area contributed by atoms with Gasteiger partial charge in [-0.1, -0.05) is 20.3 Å². The van der Waals surface area contributed by atoms with Gasteiger partial charge in [-0.3, -0.25) is 4.79 Å². The van der Waals surface area contributed by atoms with Gasteiger partial charge in [0.1, 0.15) is 0 Å². The number of carbonyl (C=O) groups excluding carboxylic acids is 2. The molecule has 116 valence electrons. The first kappa shape index (κ1) is 16.8. The van der Waals surface area contributed by atoms with E-state index in [4.69, 9.17) is 10.5 Å². The molecule has 6 heteroatoms. The number of unbranched alkanes of at least 4 members (excludes halogenated alkanes) is 1. The molecule has 20 heavy (non-hydrogen) atoms. The first-order valence-electron chi connectivity index (χ1n) is 7.42. The molecular formula is C14H27N3O3. The lowest BCUT2D eigenvalue weighted by Gasteiger charge is -2.37. The molecule has 0 radical (unpaired) electrons. The summed E-state index contributed by atoms with van der Waals surface area (Å²) in [4.78, 5) is 27.4. The smallest absolute Gasteiger partial charge is 0.409 e. The summed E-state index contributed by atoms with van der Waals surface area (Å²) in [5, 5.41) is 0. The summed E-state index contributed by atoms with van der Waals surface area (Å²) in [6.45, 7) is 8.23. The van der Waals surface area contributed by atoms with Crippen molar-refractivity contribution in [3.05, 3.63) is 0 Å². The average Bonchev–Trinajstić information content (AvgIpc) is 2.46. The van der Waals surface area contributed by atoms with Crippen LogP contribution < -0.4 is 5.73 Å². The van der Waals surface area contributed by atoms with Crippen LogP contribution in [0.5, 0.6) is 0 Å². The van der Waals surface area contributed by atoms with Gasteiger partial charge in [-0.15, -0.1) is 0 Å². The molecule has 1 aliphatic heterocycles. The highest BCUT2D eigenvalue weighted by Gasteiger charge is 2.33. The van der Waals surface area contributed by atoms with Crippen molar-refractivity contribution < 1.29 is 14.3 Å². The SMILES string of the molecule is CCCCOC(=O)N1CCN(C(=O)[C@@](C)(N)CC)CC1. The molecule has 1 aliphatic rings. The van der Waals surface area contributed by atoms with Crippen LogP contribution in [0.15, 0.2) is 0 Å². The molecular weight excluding hydrogens is 258 g/mol. The second-order valence-corrected chi connectivity index (χ2v) is 5.52. The Labute approximate surface area is 121 Å². The van der Waals surface area contributed by atoms with Crippen LogP contribution in [0, 0.1) is 0 Å². The second-order valence-electron chi connectivity index (χ2n) is 5.52. The number of nitrogens with two attached hydrogens (primary N) is 1. The van der Waals surface area contributed by atoms with Crippen molar-refractivity contribution in [3.8, 4) is 0 Å². The first-order chi connectivity index (χ1) is 9.42. The van der Waals surface area contributed by atoms with Gasteiger partial charge >= 0.3 is 6.09 Å². The lowest BCUT2D eigenvalue weighted by Crippen LogP contribution is -2.58. The molecule has 0 aromatic carbocycles. The maximum Gasteiger partial charge on any atom is 0.409 e. The van der Waals surface area contributed by atoms with E-state index >= 15 is 0 Å². The summed E-state index contributed by atoms with van der Waals surface area (Å²) < 4.78 is 5.16. The Morgan fingerprint density at radius 2 is 1.70 bits per heavy atom. The molecule has 0 saturated carbocycles. The van der Waals surface area contributed by atoms with Crippen molar-refractivity contribution in [3.63, 3.8) is 0 Å². The zero-order valence-corrected chi connectivity index (χ0v) is 12.9. The third-order valence-corrected chi connectivity index (χ3v) is 3.77. The Kier molecular flexibility index (Phi) is 6.26. The summed E-state index contributed by atoms with van der Waals surface area (Å²) in [6.07, 6.45) is 2.20. The Hall–Kier alpha value is -1.30. The molecule has 0 bridgehead atoms. The minimum absolute atomic E-state index is 0.0426. The molecule has 0 spiro atoms. The summed E-state index contributed by atoms with van der Waals surface area (Å²) in [7, 11) is 0. The Balaban J connectivity index is 2.40. The third kappa shape index (κ3) is 4.37. The fraction of sp³-hybridized carbons (Fsp3) is 0.857. The van der Waals surface area contributed by atoms with Crippen LogP contribution in [0.1, 0.15) is 40.0 Å². The molecule has 1 atom stereocenters. The van der Waals surface area contributed by atoms with E-state index in [9.17, 15) is 9.59 Å². The first-order valence-corrected chi connectivity index (χ1v) is 7.42. The number of piperazine rings is 1. The van der Waals surface area contributed by atoms with Gasteiger partial charge in [-0.05, 0) is 19.8 Å². The molecule has 0 aromatic heterocycles. The van der Waals surface area contributed by atoms with Crippen molar-refractivity contribution >= 4 is 12.0 Å². The number of nitrogens with zero attached hydrogens (tertiary/aromatic N) is 2. The van der Waals surface area contributed by atoms with Gasteiger partial charge in [0.2, 0.25) is 5.91 Å². The van der Waals surface area contributed by atoms with Crippen molar-refractivity contribution in [2.75, 3.05) is 32.8 Å². The quantitative estimate of drug-likeness (QED) is 0.770. The van der Waals surface area contributed by atoms with Crippen molar-refractivity contribution in [2.45, 2.75) is 45.6 Å². The van der Waals surface area contributed by atoms with E-state index in [1.807, 2.05) is 6.92 Å². The number of hydrogen-bond acceptors (Lipinski definition) is 4. The van der Waals surface area contributed by atoms with Crippen LogP contribution in [0.4, 0.5) is 4.79 Å². The highest BCUT2D eigenvalue weighted by Crippen LogP contribution is 2.13. The van der Waals surface area contributed by atoms with E-state index < -0.39 is 5.54 Å². The summed E-state index contributed by atoms with van der Waals surface area (Å²) in [5.74, 6) is -0.0426. The van der Waals surface area contributed by atoms with E-state index in [2.05, 4.69) is 6.92 Å². The highest BCUT2D eigenvalue weighted by molar-refractivity contribution is 5.85. The van der Waals surface area contributed by atoms with Crippen LogP contribution in [0.3, 0.4) is 0 Å². The van der Waals surface area contributed by atoms with E-state index in [-0.39, 0.29) is 12.0 Å². The van der Waals surface area contributed by atoms with E-state index in [0.717, 1.165) is 12.8 Å². The van der Waals surface area contributed by atoms with E-state index in [1.54, 1.807) is 16.7 Å². The molecule has 0 aliphatic carbocycles. The maximum absolute atomic E-state index is 12.2. The van der Waals surface area contributed by atoms with Crippen LogP contribution in [-0.4, -0.2) is 60.1 Å². The van der Waals surface area contributed by atoms with Gasteiger partial charge in [0.15, 0.2) is 0 Å². The largest absolute Gasteiger partial charge is 0.449 e. The molecule has 0 aromatic rings. The van der Waals surface area contributed by atoms with Crippen LogP contribution >= 0.6 is 0 Å². The average molecular weight is 285 g/mol. The van der Waals surface area contributed by atoms with Crippen LogP contribution in [-0.2, 0) is 9.53 Å². The lowest BCUT2D eigenvalue weighted by atomic mass is 9.98. The van der Waals surface area contributed by atoms with Crippen molar-refractivity contribution in [1.29, 1.82) is 0 Å². The van der Waals surface area contributed by atoms with E-state index in [0.29, 0.717) is 39.2 Å². The van der Waals surface area contributed by atoms with Gasteiger partial charge < -0.3 is 20.3 Å². The third-order valence-electron chi connectivity index (χ3n) is 3.77. The second kappa shape index (κ2) is 7.47. The summed E-state index contributed by atoms with van der Waals surface area (Å²) >= 11 is 0. The number of carbonyl (C=O) groups is 2. The maximum atomic E-state index is 12.2. The zero-order chi connectivity index (χ0) is 15.2. The molecule has 1 heterocycles. The van der Waals surface area contributed by atoms with Crippen molar-refractivity contribution in [2.24, 2.45) is 5.73 Å². The normalized spacial score (nSPS) is 18.6. The monoisotopic (exact) mass is 285 g/mol. The number of ether oxygens (including phenoxy) is 1. The van der Waals surface area contributed by atoms with Crippen LogP contribution in [0.25, 0.3) is 0 Å². The number of hydrogen-bond donors (Lipinski definition) is 1. The van der Waals surface area contributed by atoms with Gasteiger partial charge in [-0.2, -0.15) is 0 Å². The molecule has 1 rings (SSSR count). The Bertz CT molecular complexity index is 337. The summed E-state index contributed by atoms with van der Waals surface area (Å²) in [6, 6.07) is 0. The molecule has 1 fully saturated rings. The lowest BCUT2D eigenvalue weighted by molar-refractivity contribution is -0.138. The Morgan fingerprint density at radius 3 is 2.20 bits per heavy atom. The predicted octanol–water partition coefficient (Wildman–Crippen LogP) is 1.19. The standard InChI is InChI=1S/C14H27N3O3/c1-4-6-11-20-13(19)17-9-7-16(8-10-17)12(18)14(3,15)5-2/h4-11,15H2,1-3H3/t14-/m0/s1. The fourth-order valence-electron chi connectivity index (χ4n) is 2.00. The molecule has 2 N–H and O–H groups in total. The van der Waals surface area contributed by atoms with Crippen molar-refractivity contribution in [1.82, 2.24) is 9.80 Å². The molecule has 0 unspecified atom stereocenters. The minimum Gasteiger partial charge on any atom is -0.449 e.